The highest BCUT2D eigenvalue weighted by Crippen LogP contribution is 2.26. The molecule has 0 saturated heterocycles. The summed E-state index contributed by atoms with van der Waals surface area (Å²) in [6.45, 7) is 2.29. The minimum absolute atomic E-state index is 0.485. The molecule has 0 radical (unpaired) electrons. The summed E-state index contributed by atoms with van der Waals surface area (Å²) in [7, 11) is 0. The quantitative estimate of drug-likeness (QED) is 0.445. The van der Waals surface area contributed by atoms with Gasteiger partial charge in [0.05, 0.1) is 0 Å². The third-order valence-electron chi connectivity index (χ3n) is 1.87. The average Bonchev–Trinajstić information content (AvgIpc) is 1.64. The molecule has 1 aliphatic rings. The van der Waals surface area contributed by atoms with Crippen molar-refractivity contribution in [2.75, 3.05) is 0 Å². The zero-order chi connectivity index (χ0) is 5.98. The van der Waals surface area contributed by atoms with Crippen molar-refractivity contribution in [3.8, 4) is 0 Å². The molecule has 1 fully saturated rings. The van der Waals surface area contributed by atoms with Crippen LogP contribution in [-0.4, -0.2) is 5.38 Å². The first-order chi connectivity index (χ1) is 3.79. The van der Waals surface area contributed by atoms with Crippen LogP contribution in [-0.2, 0) is 0 Å². The fraction of sp³-hybridized carbons (Fsp3) is 1.00. The Labute approximate surface area is 56.2 Å². The second-order valence-electron chi connectivity index (χ2n) is 2.87. The minimum Gasteiger partial charge on any atom is -0.123 e. The molecule has 0 bridgehead atoms. The van der Waals surface area contributed by atoms with Crippen LogP contribution in [0.4, 0.5) is 0 Å². The predicted molar refractivity (Wildman–Crippen MR) is 37.3 cm³/mol. The largest absolute Gasteiger partial charge is 0.123 e. The molecule has 0 heterocycles. The van der Waals surface area contributed by atoms with Gasteiger partial charge in [0.1, 0.15) is 0 Å². The van der Waals surface area contributed by atoms with Gasteiger partial charge < -0.3 is 0 Å². The zero-order valence-electron chi connectivity index (χ0n) is 5.36. The molecule has 1 rings (SSSR count). The van der Waals surface area contributed by atoms with Crippen LogP contribution in [0.2, 0.25) is 0 Å². The number of hydrogen-bond acceptors (Lipinski definition) is 0. The Morgan fingerprint density at radius 3 is 2.50 bits per heavy atom. The van der Waals surface area contributed by atoms with Crippen LogP contribution < -0.4 is 0 Å². The lowest BCUT2D eigenvalue weighted by molar-refractivity contribution is 0.390. The molecular weight excluding hydrogens is 120 g/mol. The molecule has 0 amide bonds. The van der Waals surface area contributed by atoms with Crippen molar-refractivity contribution < 1.29 is 0 Å². The summed E-state index contributed by atoms with van der Waals surface area (Å²) in [5.74, 6) is 0.881. The van der Waals surface area contributed by atoms with Gasteiger partial charge in [0.2, 0.25) is 0 Å². The Bertz CT molecular complexity index is 62.8. The number of halogens is 1. The summed E-state index contributed by atoms with van der Waals surface area (Å²) in [5, 5.41) is 0.485. The van der Waals surface area contributed by atoms with Gasteiger partial charge in [-0.05, 0) is 18.8 Å². The van der Waals surface area contributed by atoms with E-state index in [4.69, 9.17) is 11.6 Å². The third-order valence-corrected chi connectivity index (χ3v) is 2.27. The third kappa shape index (κ3) is 1.66. The molecule has 2 atom stereocenters. The molecule has 1 aliphatic carbocycles. The number of hydrogen-bond donors (Lipinski definition) is 0. The fourth-order valence-electron chi connectivity index (χ4n) is 1.36. The van der Waals surface area contributed by atoms with Crippen LogP contribution in [0.3, 0.4) is 0 Å². The number of alkyl halides is 1. The fourth-order valence-corrected chi connectivity index (χ4v) is 1.82. The van der Waals surface area contributed by atoms with Crippen molar-refractivity contribution >= 4 is 11.6 Å². The van der Waals surface area contributed by atoms with E-state index in [1.807, 2.05) is 0 Å². The van der Waals surface area contributed by atoms with E-state index in [1.54, 1.807) is 0 Å². The minimum atomic E-state index is 0.485. The normalized spacial score (nSPS) is 39.8. The molecule has 0 nitrogen and oxygen atoms in total. The van der Waals surface area contributed by atoms with Gasteiger partial charge in [0.15, 0.2) is 0 Å². The lowest BCUT2D eigenvalue weighted by Crippen LogP contribution is -2.12. The van der Waals surface area contributed by atoms with E-state index >= 15 is 0 Å². The highest BCUT2D eigenvalue weighted by Gasteiger charge is 2.15. The van der Waals surface area contributed by atoms with Crippen molar-refractivity contribution in [1.82, 2.24) is 0 Å². The lowest BCUT2D eigenvalue weighted by Gasteiger charge is -2.21. The van der Waals surface area contributed by atoms with Crippen molar-refractivity contribution in [3.63, 3.8) is 0 Å². The summed E-state index contributed by atoms with van der Waals surface area (Å²) >= 11 is 5.91. The van der Waals surface area contributed by atoms with Gasteiger partial charge in [-0.25, -0.2) is 0 Å². The molecule has 1 heteroatoms. The molecule has 1 saturated carbocycles. The summed E-state index contributed by atoms with van der Waals surface area (Å²) < 4.78 is 0. The molecular formula is C7H13Cl. The molecule has 0 spiro atoms. The highest BCUT2D eigenvalue weighted by molar-refractivity contribution is 6.20. The zero-order valence-corrected chi connectivity index (χ0v) is 6.12. The summed E-state index contributed by atoms with van der Waals surface area (Å²) in [5.41, 5.74) is 0. The van der Waals surface area contributed by atoms with Crippen LogP contribution >= 0.6 is 11.6 Å². The molecule has 0 N–H and O–H groups in total. The average molecular weight is 133 g/mol. The maximum Gasteiger partial charge on any atom is 0.0338 e. The molecule has 48 valence electrons. The first kappa shape index (κ1) is 6.41. The molecule has 0 aliphatic heterocycles. The first-order valence-electron chi connectivity index (χ1n) is 3.43. The van der Waals surface area contributed by atoms with Gasteiger partial charge in [-0.2, -0.15) is 0 Å². The SMILES string of the molecule is C[C@@H]1CCC[C@H](Cl)C1. The van der Waals surface area contributed by atoms with Crippen LogP contribution in [0.1, 0.15) is 32.6 Å². The smallest absolute Gasteiger partial charge is 0.0338 e. The van der Waals surface area contributed by atoms with Crippen LogP contribution in [0.5, 0.6) is 0 Å². The Kier molecular flexibility index (Phi) is 2.18. The van der Waals surface area contributed by atoms with E-state index in [9.17, 15) is 0 Å². The molecule has 0 aromatic heterocycles. The van der Waals surface area contributed by atoms with E-state index in [-0.39, 0.29) is 0 Å². The summed E-state index contributed by atoms with van der Waals surface area (Å²) in [6, 6.07) is 0. The molecule has 0 unspecified atom stereocenters. The molecule has 8 heavy (non-hydrogen) atoms. The summed E-state index contributed by atoms with van der Waals surface area (Å²) in [6.07, 6.45) is 5.21. The van der Waals surface area contributed by atoms with E-state index in [1.165, 1.54) is 25.7 Å². The van der Waals surface area contributed by atoms with Crippen LogP contribution in [0.25, 0.3) is 0 Å². The molecule has 0 aromatic carbocycles. The van der Waals surface area contributed by atoms with Gasteiger partial charge in [0, 0.05) is 5.38 Å². The van der Waals surface area contributed by atoms with Gasteiger partial charge in [-0.1, -0.05) is 19.8 Å². The van der Waals surface area contributed by atoms with E-state index in [2.05, 4.69) is 6.92 Å². The van der Waals surface area contributed by atoms with Gasteiger partial charge >= 0.3 is 0 Å². The van der Waals surface area contributed by atoms with Crippen LogP contribution in [0.15, 0.2) is 0 Å². The lowest BCUT2D eigenvalue weighted by atomic mass is 9.91. The highest BCUT2D eigenvalue weighted by atomic mass is 35.5. The van der Waals surface area contributed by atoms with Gasteiger partial charge in [-0.3, -0.25) is 0 Å². The Morgan fingerprint density at radius 1 is 1.38 bits per heavy atom. The van der Waals surface area contributed by atoms with Gasteiger partial charge in [0.25, 0.3) is 0 Å². The second-order valence-corrected chi connectivity index (χ2v) is 3.49. The second kappa shape index (κ2) is 2.72. The Balaban J connectivity index is 2.23. The van der Waals surface area contributed by atoms with E-state index in [0.29, 0.717) is 5.38 Å². The maximum absolute atomic E-state index is 5.91. The number of rotatable bonds is 0. The maximum atomic E-state index is 5.91. The Hall–Kier alpha value is 0.290. The summed E-state index contributed by atoms with van der Waals surface area (Å²) in [4.78, 5) is 0. The molecule has 0 aromatic rings. The van der Waals surface area contributed by atoms with E-state index in [0.717, 1.165) is 5.92 Å². The van der Waals surface area contributed by atoms with Crippen molar-refractivity contribution in [2.24, 2.45) is 5.92 Å². The first-order valence-corrected chi connectivity index (χ1v) is 3.86. The topological polar surface area (TPSA) is 0 Å². The van der Waals surface area contributed by atoms with Gasteiger partial charge in [-0.15, -0.1) is 11.6 Å². The van der Waals surface area contributed by atoms with E-state index < -0.39 is 0 Å². The monoisotopic (exact) mass is 132 g/mol. The predicted octanol–water partition coefficient (Wildman–Crippen LogP) is 2.80. The standard InChI is InChI=1S/C7H13Cl/c1-6-3-2-4-7(8)5-6/h6-7H,2-5H2,1H3/t6-,7+/m1/s1. The van der Waals surface area contributed by atoms with Crippen molar-refractivity contribution in [2.45, 2.75) is 38.0 Å². The van der Waals surface area contributed by atoms with Crippen LogP contribution in [0, 0.1) is 5.92 Å². The van der Waals surface area contributed by atoms with Crippen molar-refractivity contribution in [1.29, 1.82) is 0 Å². The Morgan fingerprint density at radius 2 is 2.12 bits per heavy atom. The van der Waals surface area contributed by atoms with Crippen molar-refractivity contribution in [3.05, 3.63) is 0 Å².